The van der Waals surface area contributed by atoms with Crippen LogP contribution in [0.3, 0.4) is 0 Å². The van der Waals surface area contributed by atoms with Gasteiger partial charge in [0.2, 0.25) is 0 Å². The zero-order chi connectivity index (χ0) is 14.0. The minimum Gasteiger partial charge on any atom is -0.495 e. The Kier molecular flexibility index (Phi) is 4.12. The van der Waals surface area contributed by atoms with Gasteiger partial charge in [0.1, 0.15) is 5.75 Å². The van der Waals surface area contributed by atoms with Gasteiger partial charge < -0.3 is 10.5 Å². The third-order valence-electron chi connectivity index (χ3n) is 2.60. The van der Waals surface area contributed by atoms with Crippen molar-refractivity contribution < 1.29 is 9.53 Å². The summed E-state index contributed by atoms with van der Waals surface area (Å²) < 4.78 is 5.81. The number of nitrogen functional groups attached to an aromatic ring is 1. The Bertz CT molecular complexity index is 623. The van der Waals surface area contributed by atoms with Crippen LogP contribution in [0.4, 0.5) is 5.69 Å². The van der Waals surface area contributed by atoms with Crippen molar-refractivity contribution in [2.45, 2.75) is 0 Å². The van der Waals surface area contributed by atoms with Crippen LogP contribution in [-0.4, -0.2) is 12.9 Å². The molecule has 0 aliphatic heterocycles. The molecule has 19 heavy (non-hydrogen) atoms. The van der Waals surface area contributed by atoms with Crippen LogP contribution < -0.4 is 10.5 Å². The van der Waals surface area contributed by atoms with E-state index in [-0.39, 0.29) is 5.78 Å². The number of carbonyl (C=O) groups is 1. The molecule has 0 radical (unpaired) electrons. The summed E-state index contributed by atoms with van der Waals surface area (Å²) in [6, 6.07) is 10.0. The molecule has 5 heteroatoms. The van der Waals surface area contributed by atoms with E-state index in [1.54, 1.807) is 36.4 Å². The number of benzene rings is 2. The van der Waals surface area contributed by atoms with E-state index < -0.39 is 0 Å². The molecule has 0 saturated carbocycles. The molecule has 0 bridgehead atoms. The van der Waals surface area contributed by atoms with Crippen LogP contribution in [0, 0.1) is 0 Å². The summed E-state index contributed by atoms with van der Waals surface area (Å²) in [5, 5.41) is 0.399. The number of methoxy groups -OCH3 is 1. The Hall–Kier alpha value is -1.52. The molecule has 0 saturated heterocycles. The molecule has 0 atom stereocenters. The number of carbonyl (C=O) groups excluding carboxylic acids is 1. The summed E-state index contributed by atoms with van der Waals surface area (Å²) in [5.41, 5.74) is 7.24. The molecule has 98 valence electrons. The highest BCUT2D eigenvalue weighted by Crippen LogP contribution is 2.27. The van der Waals surface area contributed by atoms with Gasteiger partial charge in [-0.3, -0.25) is 4.79 Å². The fourth-order valence-corrected chi connectivity index (χ4v) is 2.49. The molecule has 3 nitrogen and oxygen atoms in total. The van der Waals surface area contributed by atoms with Crippen LogP contribution in [0.2, 0.25) is 5.02 Å². The standard InChI is InChI=1S/C14H11BrClNO2/c1-19-13-3-2-8(6-12(13)16)14(18)9-4-10(15)7-11(17)5-9/h2-7H,17H2,1H3. The molecule has 2 rings (SSSR count). The first-order valence-electron chi connectivity index (χ1n) is 5.45. The van der Waals surface area contributed by atoms with Gasteiger partial charge in [0.25, 0.3) is 0 Å². The molecule has 0 fully saturated rings. The van der Waals surface area contributed by atoms with Gasteiger partial charge in [-0.2, -0.15) is 0 Å². The normalized spacial score (nSPS) is 10.3. The Morgan fingerprint density at radius 1 is 1.21 bits per heavy atom. The minimum atomic E-state index is -0.141. The van der Waals surface area contributed by atoms with Crippen molar-refractivity contribution in [3.05, 3.63) is 57.0 Å². The summed E-state index contributed by atoms with van der Waals surface area (Å²) in [7, 11) is 1.53. The number of nitrogens with two attached hydrogens (primary N) is 1. The lowest BCUT2D eigenvalue weighted by Crippen LogP contribution is -2.02. The van der Waals surface area contributed by atoms with Crippen molar-refractivity contribution >= 4 is 39.0 Å². The van der Waals surface area contributed by atoms with Crippen molar-refractivity contribution in [1.29, 1.82) is 0 Å². The van der Waals surface area contributed by atoms with Gasteiger partial charge in [-0.1, -0.05) is 27.5 Å². The van der Waals surface area contributed by atoms with E-state index in [0.717, 1.165) is 4.47 Å². The van der Waals surface area contributed by atoms with Crippen LogP contribution in [-0.2, 0) is 0 Å². The Labute approximate surface area is 124 Å². The maximum absolute atomic E-state index is 12.3. The highest BCUT2D eigenvalue weighted by molar-refractivity contribution is 9.10. The molecule has 0 aliphatic carbocycles. The SMILES string of the molecule is COc1ccc(C(=O)c2cc(N)cc(Br)c2)cc1Cl. The van der Waals surface area contributed by atoms with Gasteiger partial charge in [-0.25, -0.2) is 0 Å². The van der Waals surface area contributed by atoms with Gasteiger partial charge in [0, 0.05) is 21.3 Å². The fraction of sp³-hybridized carbons (Fsp3) is 0.0714. The highest BCUT2D eigenvalue weighted by Gasteiger charge is 2.12. The first-order valence-corrected chi connectivity index (χ1v) is 6.62. The van der Waals surface area contributed by atoms with Crippen molar-refractivity contribution in [1.82, 2.24) is 0 Å². The van der Waals surface area contributed by atoms with Gasteiger partial charge in [-0.05, 0) is 36.4 Å². The molecular weight excluding hydrogens is 330 g/mol. The summed E-state index contributed by atoms with van der Waals surface area (Å²) >= 11 is 9.33. The first-order chi connectivity index (χ1) is 9.01. The average Bonchev–Trinajstić information content (AvgIpc) is 2.36. The molecule has 0 unspecified atom stereocenters. The summed E-state index contributed by atoms with van der Waals surface area (Å²) in [6.07, 6.45) is 0. The van der Waals surface area contributed by atoms with Crippen LogP contribution in [0.15, 0.2) is 40.9 Å². The zero-order valence-electron chi connectivity index (χ0n) is 10.1. The number of anilines is 1. The van der Waals surface area contributed by atoms with Crippen LogP contribution >= 0.6 is 27.5 Å². The summed E-state index contributed by atoms with van der Waals surface area (Å²) in [5.74, 6) is 0.393. The minimum absolute atomic E-state index is 0.141. The zero-order valence-corrected chi connectivity index (χ0v) is 12.5. The summed E-state index contributed by atoms with van der Waals surface area (Å²) in [6.45, 7) is 0. The second kappa shape index (κ2) is 5.63. The number of halogens is 2. The topological polar surface area (TPSA) is 52.3 Å². The maximum Gasteiger partial charge on any atom is 0.193 e. The number of hydrogen-bond acceptors (Lipinski definition) is 3. The highest BCUT2D eigenvalue weighted by atomic mass is 79.9. The lowest BCUT2D eigenvalue weighted by Gasteiger charge is -2.07. The van der Waals surface area contributed by atoms with E-state index in [2.05, 4.69) is 15.9 Å². The lowest BCUT2D eigenvalue weighted by molar-refractivity contribution is 0.103. The molecule has 2 aromatic carbocycles. The molecule has 0 aliphatic rings. The van der Waals surface area contributed by atoms with Gasteiger partial charge in [0.05, 0.1) is 12.1 Å². The predicted molar refractivity (Wildman–Crippen MR) is 80.0 cm³/mol. The van der Waals surface area contributed by atoms with Crippen molar-refractivity contribution in [2.75, 3.05) is 12.8 Å². The third-order valence-corrected chi connectivity index (χ3v) is 3.35. The van der Waals surface area contributed by atoms with Crippen molar-refractivity contribution in [3.8, 4) is 5.75 Å². The third kappa shape index (κ3) is 3.08. The number of ketones is 1. The van der Waals surface area contributed by atoms with E-state index in [4.69, 9.17) is 22.1 Å². The molecule has 0 amide bonds. The number of hydrogen-bond donors (Lipinski definition) is 1. The predicted octanol–water partition coefficient (Wildman–Crippen LogP) is 3.92. The molecule has 0 spiro atoms. The van der Waals surface area contributed by atoms with Gasteiger partial charge in [-0.15, -0.1) is 0 Å². The Balaban J connectivity index is 2.41. The summed E-state index contributed by atoms with van der Waals surface area (Å²) in [4.78, 5) is 12.3. The van der Waals surface area contributed by atoms with E-state index >= 15 is 0 Å². The van der Waals surface area contributed by atoms with Crippen LogP contribution in [0.5, 0.6) is 5.75 Å². The van der Waals surface area contributed by atoms with E-state index in [1.807, 2.05) is 0 Å². The van der Waals surface area contributed by atoms with E-state index in [0.29, 0.717) is 27.6 Å². The van der Waals surface area contributed by atoms with E-state index in [1.165, 1.54) is 7.11 Å². The van der Waals surface area contributed by atoms with Crippen LogP contribution in [0.1, 0.15) is 15.9 Å². The Morgan fingerprint density at radius 3 is 2.53 bits per heavy atom. The Morgan fingerprint density at radius 2 is 1.95 bits per heavy atom. The smallest absolute Gasteiger partial charge is 0.193 e. The van der Waals surface area contributed by atoms with Crippen molar-refractivity contribution in [3.63, 3.8) is 0 Å². The molecule has 2 N–H and O–H groups in total. The average molecular weight is 341 g/mol. The maximum atomic E-state index is 12.3. The molecular formula is C14H11BrClNO2. The van der Waals surface area contributed by atoms with Gasteiger partial charge in [0.15, 0.2) is 5.78 Å². The lowest BCUT2D eigenvalue weighted by atomic mass is 10.0. The fourth-order valence-electron chi connectivity index (χ4n) is 1.72. The molecule has 0 heterocycles. The van der Waals surface area contributed by atoms with Crippen LogP contribution in [0.25, 0.3) is 0 Å². The quantitative estimate of drug-likeness (QED) is 0.680. The monoisotopic (exact) mass is 339 g/mol. The van der Waals surface area contributed by atoms with E-state index in [9.17, 15) is 4.79 Å². The second-order valence-electron chi connectivity index (χ2n) is 3.95. The molecule has 0 aromatic heterocycles. The van der Waals surface area contributed by atoms with Gasteiger partial charge >= 0.3 is 0 Å². The molecule has 2 aromatic rings. The second-order valence-corrected chi connectivity index (χ2v) is 5.27. The number of ether oxygens (including phenoxy) is 1. The largest absolute Gasteiger partial charge is 0.495 e. The first kappa shape index (κ1) is 13.9. The van der Waals surface area contributed by atoms with Crippen molar-refractivity contribution in [2.24, 2.45) is 0 Å². The number of rotatable bonds is 3.